The third kappa shape index (κ3) is 5.24. The zero-order valence-electron chi connectivity index (χ0n) is 20.0. The SMILES string of the molecule is Cl.Cn1cc(OC(=O)Nc2ccc(C(=N)N)cc2)c2cc(NS(=O)(=O)c3cccc4cccnc34)ccc21. The minimum Gasteiger partial charge on any atom is -0.408 e. The van der Waals surface area contributed by atoms with Gasteiger partial charge in [-0.15, -0.1) is 12.4 Å². The van der Waals surface area contributed by atoms with Crippen molar-refractivity contribution in [3.63, 3.8) is 0 Å². The van der Waals surface area contributed by atoms with Crippen molar-refractivity contribution in [1.29, 1.82) is 5.41 Å². The minimum atomic E-state index is -3.95. The number of anilines is 2. The van der Waals surface area contributed by atoms with Crippen LogP contribution in [0.2, 0.25) is 0 Å². The molecule has 194 valence electrons. The lowest BCUT2D eigenvalue weighted by Gasteiger charge is -2.11. The fourth-order valence-electron chi connectivity index (χ4n) is 3.98. The number of carbonyl (C=O) groups is 1. The highest BCUT2D eigenvalue weighted by atomic mass is 35.5. The van der Waals surface area contributed by atoms with Crippen LogP contribution in [0.15, 0.2) is 90.1 Å². The van der Waals surface area contributed by atoms with E-state index in [0.29, 0.717) is 33.2 Å². The lowest BCUT2D eigenvalue weighted by atomic mass is 10.2. The highest BCUT2D eigenvalue weighted by molar-refractivity contribution is 7.93. The number of nitrogens with one attached hydrogen (secondary N) is 3. The first-order chi connectivity index (χ1) is 17.7. The molecule has 5 aromatic rings. The van der Waals surface area contributed by atoms with E-state index in [1.807, 2.05) is 0 Å². The summed E-state index contributed by atoms with van der Waals surface area (Å²) in [5.74, 6) is 0.177. The van der Waals surface area contributed by atoms with Gasteiger partial charge in [0, 0.05) is 47.2 Å². The van der Waals surface area contributed by atoms with Gasteiger partial charge in [-0.3, -0.25) is 20.4 Å². The third-order valence-electron chi connectivity index (χ3n) is 5.74. The fourth-order valence-corrected chi connectivity index (χ4v) is 5.21. The number of aromatic nitrogens is 2. The van der Waals surface area contributed by atoms with Crippen molar-refractivity contribution < 1.29 is 17.9 Å². The Labute approximate surface area is 224 Å². The number of hydrogen-bond acceptors (Lipinski definition) is 6. The van der Waals surface area contributed by atoms with E-state index in [1.54, 1.807) is 90.7 Å². The van der Waals surface area contributed by atoms with Crippen molar-refractivity contribution in [2.45, 2.75) is 4.90 Å². The molecule has 5 rings (SSSR count). The van der Waals surface area contributed by atoms with Gasteiger partial charge in [-0.05, 0) is 54.6 Å². The topological polar surface area (TPSA) is 152 Å². The number of nitrogens with zero attached hydrogens (tertiary/aromatic N) is 2. The second kappa shape index (κ2) is 10.4. The number of benzene rings is 3. The van der Waals surface area contributed by atoms with E-state index in [1.165, 1.54) is 6.07 Å². The average molecular weight is 551 g/mol. The molecule has 5 N–H and O–H groups in total. The number of hydrogen-bond donors (Lipinski definition) is 4. The smallest absolute Gasteiger partial charge is 0.408 e. The minimum absolute atomic E-state index is 0. The van der Waals surface area contributed by atoms with Crippen LogP contribution in [0.1, 0.15) is 5.56 Å². The number of carbonyl (C=O) groups excluding carboxylic acids is 1. The van der Waals surface area contributed by atoms with E-state index in [4.69, 9.17) is 15.9 Å². The van der Waals surface area contributed by atoms with Crippen molar-refractivity contribution in [2.75, 3.05) is 10.0 Å². The van der Waals surface area contributed by atoms with Crippen LogP contribution in [0.5, 0.6) is 5.75 Å². The molecule has 2 aromatic heterocycles. The summed E-state index contributed by atoms with van der Waals surface area (Å²) in [6, 6.07) is 19.9. The molecule has 0 spiro atoms. The van der Waals surface area contributed by atoms with Crippen molar-refractivity contribution in [2.24, 2.45) is 12.8 Å². The summed E-state index contributed by atoms with van der Waals surface area (Å²) >= 11 is 0. The number of halogens is 1. The summed E-state index contributed by atoms with van der Waals surface area (Å²) in [4.78, 5) is 16.8. The Morgan fingerprint density at radius 1 is 1.03 bits per heavy atom. The number of amides is 1. The summed E-state index contributed by atoms with van der Waals surface area (Å²) in [7, 11) is -2.16. The zero-order chi connectivity index (χ0) is 26.2. The van der Waals surface area contributed by atoms with Crippen molar-refractivity contribution in [3.05, 3.63) is 90.8 Å². The number of fused-ring (bicyclic) bond motifs is 2. The molecule has 2 heterocycles. The Morgan fingerprint density at radius 3 is 2.47 bits per heavy atom. The van der Waals surface area contributed by atoms with Gasteiger partial charge in [0.2, 0.25) is 0 Å². The monoisotopic (exact) mass is 550 g/mol. The van der Waals surface area contributed by atoms with Crippen LogP contribution in [0.4, 0.5) is 16.2 Å². The quantitative estimate of drug-likeness (QED) is 0.175. The zero-order valence-corrected chi connectivity index (χ0v) is 21.6. The van der Waals surface area contributed by atoms with Gasteiger partial charge < -0.3 is 15.0 Å². The first-order valence-corrected chi connectivity index (χ1v) is 12.6. The van der Waals surface area contributed by atoms with Crippen molar-refractivity contribution in [1.82, 2.24) is 9.55 Å². The number of ether oxygens (including phenoxy) is 1. The van der Waals surface area contributed by atoms with Gasteiger partial charge in [-0.25, -0.2) is 13.2 Å². The van der Waals surface area contributed by atoms with Gasteiger partial charge in [0.1, 0.15) is 10.7 Å². The molecule has 0 aliphatic heterocycles. The molecular weight excluding hydrogens is 528 g/mol. The Kier molecular flexibility index (Phi) is 7.24. The molecule has 0 saturated carbocycles. The second-order valence-electron chi connectivity index (χ2n) is 8.28. The van der Waals surface area contributed by atoms with Gasteiger partial charge in [0.05, 0.1) is 11.0 Å². The molecule has 38 heavy (non-hydrogen) atoms. The molecule has 0 unspecified atom stereocenters. The second-order valence-corrected chi connectivity index (χ2v) is 9.93. The molecule has 0 fully saturated rings. The molecular formula is C26H23ClN6O4S. The number of rotatable bonds is 6. The fraction of sp³-hybridized carbons (Fsp3) is 0.0385. The van der Waals surface area contributed by atoms with E-state index in [0.717, 1.165) is 5.52 Å². The van der Waals surface area contributed by atoms with Gasteiger partial charge in [-0.2, -0.15) is 0 Å². The first kappa shape index (κ1) is 26.5. The van der Waals surface area contributed by atoms with Gasteiger partial charge in [0.15, 0.2) is 5.75 Å². The van der Waals surface area contributed by atoms with Gasteiger partial charge in [-0.1, -0.05) is 18.2 Å². The predicted molar refractivity (Wildman–Crippen MR) is 150 cm³/mol. The summed E-state index contributed by atoms with van der Waals surface area (Å²) in [6.07, 6.45) is 2.45. The van der Waals surface area contributed by atoms with E-state index < -0.39 is 16.1 Å². The maximum Gasteiger partial charge on any atom is 0.417 e. The van der Waals surface area contributed by atoms with Crippen LogP contribution in [0, 0.1) is 5.41 Å². The summed E-state index contributed by atoms with van der Waals surface area (Å²) < 4.78 is 36.3. The van der Waals surface area contributed by atoms with Crippen molar-refractivity contribution in [3.8, 4) is 5.75 Å². The average Bonchev–Trinajstić information content (AvgIpc) is 3.17. The van der Waals surface area contributed by atoms with Crippen molar-refractivity contribution >= 4 is 67.5 Å². The number of para-hydroxylation sites is 1. The highest BCUT2D eigenvalue weighted by Gasteiger charge is 2.20. The number of nitrogen functional groups attached to an aromatic ring is 1. The highest BCUT2D eigenvalue weighted by Crippen LogP contribution is 2.32. The van der Waals surface area contributed by atoms with Gasteiger partial charge in [0.25, 0.3) is 10.0 Å². The molecule has 0 atom stereocenters. The molecule has 0 aliphatic rings. The van der Waals surface area contributed by atoms with Crippen LogP contribution in [-0.2, 0) is 17.1 Å². The normalized spacial score (nSPS) is 11.1. The number of sulfonamides is 1. The molecule has 0 bridgehead atoms. The lowest BCUT2D eigenvalue weighted by molar-refractivity contribution is 0.215. The van der Waals surface area contributed by atoms with E-state index in [9.17, 15) is 13.2 Å². The largest absolute Gasteiger partial charge is 0.417 e. The van der Waals surface area contributed by atoms with E-state index in [2.05, 4.69) is 15.0 Å². The van der Waals surface area contributed by atoms with E-state index in [-0.39, 0.29) is 28.9 Å². The summed E-state index contributed by atoms with van der Waals surface area (Å²) in [6.45, 7) is 0. The number of aryl methyl sites for hydroxylation is 1. The lowest BCUT2D eigenvalue weighted by Crippen LogP contribution is -2.17. The number of nitrogens with two attached hydrogens (primary N) is 1. The van der Waals surface area contributed by atoms with Crippen LogP contribution in [0.25, 0.3) is 21.8 Å². The Hall–Kier alpha value is -4.61. The Balaban J connectivity index is 0.00000336. The predicted octanol–water partition coefficient (Wildman–Crippen LogP) is 4.84. The van der Waals surface area contributed by atoms with Crippen LogP contribution >= 0.6 is 12.4 Å². The number of amidine groups is 1. The summed E-state index contributed by atoms with van der Waals surface area (Å²) in [5.41, 5.74) is 7.86. The standard InChI is InChI=1S/C26H22N6O4S.ClH/c1-32-15-22(36-26(33)30-18-9-7-17(8-10-18)25(27)28)20-14-19(11-12-21(20)32)31-37(34,35)23-6-2-4-16-5-3-13-29-24(16)23;/h2-15,31H,1H3,(H3,27,28)(H,30,33);1H. The van der Waals surface area contributed by atoms with Gasteiger partial charge >= 0.3 is 6.09 Å². The first-order valence-electron chi connectivity index (χ1n) is 11.1. The molecule has 1 amide bonds. The molecule has 3 aromatic carbocycles. The Morgan fingerprint density at radius 2 is 1.74 bits per heavy atom. The summed E-state index contributed by atoms with van der Waals surface area (Å²) in [5, 5.41) is 11.3. The maximum absolute atomic E-state index is 13.2. The molecule has 10 nitrogen and oxygen atoms in total. The molecule has 0 saturated heterocycles. The van der Waals surface area contributed by atoms with Crippen LogP contribution in [0.3, 0.4) is 0 Å². The molecule has 0 aliphatic carbocycles. The van der Waals surface area contributed by atoms with Crippen LogP contribution < -0.4 is 20.5 Å². The van der Waals surface area contributed by atoms with E-state index >= 15 is 0 Å². The maximum atomic E-state index is 13.2. The third-order valence-corrected chi connectivity index (χ3v) is 7.15. The molecule has 12 heteroatoms. The number of pyridine rings is 1. The Bertz CT molecular complexity index is 1780. The molecule has 0 radical (unpaired) electrons. The van der Waals surface area contributed by atoms with Crippen LogP contribution in [-0.4, -0.2) is 29.9 Å².